The summed E-state index contributed by atoms with van der Waals surface area (Å²) in [4.78, 5) is 0. The van der Waals surface area contributed by atoms with Crippen molar-refractivity contribution in [3.8, 4) is 0 Å². The predicted octanol–water partition coefficient (Wildman–Crippen LogP) is -0.696. The van der Waals surface area contributed by atoms with Gasteiger partial charge in [-0.2, -0.15) is 0 Å². The molecule has 1 unspecified atom stereocenters. The molecule has 3 nitrogen and oxygen atoms in total. The fourth-order valence-corrected chi connectivity index (χ4v) is 0.456. The van der Waals surface area contributed by atoms with Crippen molar-refractivity contribution in [1.82, 2.24) is 5.32 Å². The summed E-state index contributed by atoms with van der Waals surface area (Å²) < 4.78 is 0. The largest absolute Gasteiger partial charge is 0.390 e. The Balaban J connectivity index is 3.59. The number of hydrogen-bond donors (Lipinski definition) is 3. The van der Waals surface area contributed by atoms with E-state index in [0.717, 1.165) is 0 Å². The maximum absolute atomic E-state index is 9.20. The molecule has 0 heterocycles. The summed E-state index contributed by atoms with van der Waals surface area (Å²) >= 11 is 0. The van der Waals surface area contributed by atoms with E-state index in [-0.39, 0.29) is 0 Å². The van der Waals surface area contributed by atoms with Crippen molar-refractivity contribution >= 4 is 0 Å². The lowest BCUT2D eigenvalue weighted by Crippen LogP contribution is -2.49. The van der Waals surface area contributed by atoms with Crippen molar-refractivity contribution in [2.45, 2.75) is 25.5 Å². The Labute approximate surface area is 56.2 Å². The van der Waals surface area contributed by atoms with Crippen LogP contribution >= 0.6 is 0 Å². The summed E-state index contributed by atoms with van der Waals surface area (Å²) in [5.74, 6) is 0. The summed E-state index contributed by atoms with van der Waals surface area (Å²) in [6.45, 7) is 4.15. The molecule has 0 aromatic rings. The fourth-order valence-electron chi connectivity index (χ4n) is 0.456. The van der Waals surface area contributed by atoms with E-state index in [1.54, 1.807) is 20.9 Å². The van der Waals surface area contributed by atoms with Crippen LogP contribution in [0.25, 0.3) is 0 Å². The van der Waals surface area contributed by atoms with Crippen LogP contribution in [0, 0.1) is 0 Å². The van der Waals surface area contributed by atoms with Crippen molar-refractivity contribution in [1.29, 1.82) is 0 Å². The standard InChI is InChI=1S/C6H16N2O/c1-6(2,7)5(9)4-8-3/h5,8-9H,4,7H2,1-3H3. The first-order chi connectivity index (χ1) is 3.98. The molecule has 0 saturated carbocycles. The van der Waals surface area contributed by atoms with Gasteiger partial charge in [-0.05, 0) is 20.9 Å². The third-order valence-electron chi connectivity index (χ3n) is 1.26. The van der Waals surface area contributed by atoms with Crippen molar-refractivity contribution in [2.24, 2.45) is 5.73 Å². The van der Waals surface area contributed by atoms with Crippen LogP contribution in [-0.4, -0.2) is 30.3 Å². The highest BCUT2D eigenvalue weighted by Crippen LogP contribution is 2.02. The molecule has 0 aliphatic heterocycles. The topological polar surface area (TPSA) is 58.3 Å². The van der Waals surface area contributed by atoms with Gasteiger partial charge in [0.25, 0.3) is 0 Å². The molecule has 0 spiro atoms. The van der Waals surface area contributed by atoms with Gasteiger partial charge in [-0.1, -0.05) is 0 Å². The Kier molecular flexibility index (Phi) is 3.11. The Morgan fingerprint density at radius 2 is 2.11 bits per heavy atom. The SMILES string of the molecule is CNCC(O)C(C)(C)N. The number of rotatable bonds is 3. The maximum Gasteiger partial charge on any atom is 0.0838 e. The fraction of sp³-hybridized carbons (Fsp3) is 1.00. The minimum atomic E-state index is -0.497. The highest BCUT2D eigenvalue weighted by Gasteiger charge is 2.20. The minimum Gasteiger partial charge on any atom is -0.390 e. The number of aliphatic hydroxyl groups is 1. The lowest BCUT2D eigenvalue weighted by molar-refractivity contribution is 0.105. The van der Waals surface area contributed by atoms with Gasteiger partial charge in [-0.25, -0.2) is 0 Å². The molecule has 0 aromatic heterocycles. The molecule has 0 fully saturated rings. The Bertz CT molecular complexity index is 77.6. The monoisotopic (exact) mass is 132 g/mol. The van der Waals surface area contributed by atoms with Crippen LogP contribution in [0.3, 0.4) is 0 Å². The second kappa shape index (κ2) is 3.15. The highest BCUT2D eigenvalue weighted by atomic mass is 16.3. The van der Waals surface area contributed by atoms with Crippen LogP contribution in [0.15, 0.2) is 0 Å². The third-order valence-corrected chi connectivity index (χ3v) is 1.26. The summed E-state index contributed by atoms with van der Waals surface area (Å²) in [6, 6.07) is 0. The molecule has 0 aliphatic carbocycles. The van der Waals surface area contributed by atoms with Gasteiger partial charge in [0.05, 0.1) is 6.10 Å². The zero-order chi connectivity index (χ0) is 7.49. The summed E-state index contributed by atoms with van der Waals surface area (Å²) in [5.41, 5.74) is 5.08. The lowest BCUT2D eigenvalue weighted by Gasteiger charge is -2.25. The molecule has 0 rings (SSSR count). The van der Waals surface area contributed by atoms with E-state index in [9.17, 15) is 5.11 Å². The Morgan fingerprint density at radius 3 is 2.22 bits per heavy atom. The number of nitrogens with two attached hydrogens (primary N) is 1. The molecule has 0 radical (unpaired) electrons. The van der Waals surface area contributed by atoms with Gasteiger partial charge in [0.2, 0.25) is 0 Å². The normalized spacial score (nSPS) is 15.7. The molecule has 56 valence electrons. The lowest BCUT2D eigenvalue weighted by atomic mass is 9.99. The molecule has 0 aromatic carbocycles. The molecule has 0 amide bonds. The average molecular weight is 132 g/mol. The van der Waals surface area contributed by atoms with Crippen LogP contribution in [0.2, 0.25) is 0 Å². The number of nitrogens with one attached hydrogen (secondary N) is 1. The van der Waals surface area contributed by atoms with Gasteiger partial charge < -0.3 is 16.2 Å². The first-order valence-corrected chi connectivity index (χ1v) is 3.10. The van der Waals surface area contributed by atoms with Gasteiger partial charge >= 0.3 is 0 Å². The first-order valence-electron chi connectivity index (χ1n) is 3.10. The van der Waals surface area contributed by atoms with Crippen molar-refractivity contribution in [2.75, 3.05) is 13.6 Å². The van der Waals surface area contributed by atoms with Crippen LogP contribution in [0.1, 0.15) is 13.8 Å². The summed E-state index contributed by atoms with van der Waals surface area (Å²) in [6.07, 6.45) is -0.470. The second-order valence-corrected chi connectivity index (χ2v) is 2.89. The van der Waals surface area contributed by atoms with Crippen LogP contribution < -0.4 is 11.1 Å². The van der Waals surface area contributed by atoms with E-state index >= 15 is 0 Å². The van der Waals surface area contributed by atoms with Crippen LogP contribution in [0.4, 0.5) is 0 Å². The van der Waals surface area contributed by atoms with Crippen molar-refractivity contribution < 1.29 is 5.11 Å². The molecule has 0 aliphatic rings. The first kappa shape index (κ1) is 8.88. The molecule has 1 atom stereocenters. The number of hydrogen-bond acceptors (Lipinski definition) is 3. The Morgan fingerprint density at radius 1 is 1.67 bits per heavy atom. The maximum atomic E-state index is 9.20. The van der Waals surface area contributed by atoms with E-state index < -0.39 is 11.6 Å². The van der Waals surface area contributed by atoms with Gasteiger partial charge in [0.15, 0.2) is 0 Å². The number of aliphatic hydroxyl groups excluding tert-OH is 1. The van der Waals surface area contributed by atoms with E-state index in [2.05, 4.69) is 5.32 Å². The van der Waals surface area contributed by atoms with Crippen LogP contribution in [0.5, 0.6) is 0 Å². The predicted molar refractivity (Wildman–Crippen MR) is 38.2 cm³/mol. The van der Waals surface area contributed by atoms with E-state index in [0.29, 0.717) is 6.54 Å². The van der Waals surface area contributed by atoms with Gasteiger partial charge in [-0.3, -0.25) is 0 Å². The van der Waals surface area contributed by atoms with Crippen molar-refractivity contribution in [3.05, 3.63) is 0 Å². The Hall–Kier alpha value is -0.120. The van der Waals surface area contributed by atoms with Crippen LogP contribution in [-0.2, 0) is 0 Å². The highest BCUT2D eigenvalue weighted by molar-refractivity contribution is 4.82. The second-order valence-electron chi connectivity index (χ2n) is 2.89. The van der Waals surface area contributed by atoms with Crippen molar-refractivity contribution in [3.63, 3.8) is 0 Å². The van der Waals surface area contributed by atoms with E-state index in [1.807, 2.05) is 0 Å². The summed E-state index contributed by atoms with van der Waals surface area (Å²) in [5, 5.41) is 12.0. The molecule has 0 saturated heterocycles. The molecular weight excluding hydrogens is 116 g/mol. The summed E-state index contributed by atoms with van der Waals surface area (Å²) in [7, 11) is 1.79. The molecule has 0 bridgehead atoms. The number of likely N-dealkylation sites (N-methyl/N-ethyl adjacent to an activating group) is 1. The van der Waals surface area contributed by atoms with E-state index in [1.165, 1.54) is 0 Å². The molecular formula is C6H16N2O. The van der Waals surface area contributed by atoms with Gasteiger partial charge in [-0.15, -0.1) is 0 Å². The van der Waals surface area contributed by atoms with Gasteiger partial charge in [0, 0.05) is 12.1 Å². The average Bonchev–Trinajstić information content (AvgIpc) is 1.64. The minimum absolute atomic E-state index is 0.470. The quantitative estimate of drug-likeness (QED) is 0.476. The zero-order valence-electron chi connectivity index (χ0n) is 6.31. The zero-order valence-corrected chi connectivity index (χ0v) is 6.31. The molecule has 3 heteroatoms. The smallest absolute Gasteiger partial charge is 0.0838 e. The van der Waals surface area contributed by atoms with E-state index in [4.69, 9.17) is 5.73 Å². The molecule has 9 heavy (non-hydrogen) atoms. The van der Waals surface area contributed by atoms with Gasteiger partial charge in [0.1, 0.15) is 0 Å². The third kappa shape index (κ3) is 3.46. The molecule has 4 N–H and O–H groups in total.